The number of carbonyl (C=O) groups excluding carboxylic acids is 1. The van der Waals surface area contributed by atoms with Crippen LogP contribution >= 0.6 is 0 Å². The topological polar surface area (TPSA) is 47.6 Å². The summed E-state index contributed by atoms with van der Waals surface area (Å²) in [6, 6.07) is 0. The summed E-state index contributed by atoms with van der Waals surface area (Å²) in [5.74, 6) is -0.185. The van der Waals surface area contributed by atoms with Gasteiger partial charge >= 0.3 is 5.97 Å². The number of methoxy groups -OCH3 is 1. The standard InChI is InChI=1S/C8H15NO3/c1-9-8(3-4-12-6-8)5-7(10)11-2/h9H,3-6H2,1-2H3/t8-/m0/s1. The lowest BCUT2D eigenvalue weighted by atomic mass is 9.95. The summed E-state index contributed by atoms with van der Waals surface area (Å²) in [6.07, 6.45) is 1.26. The first kappa shape index (κ1) is 9.48. The Labute approximate surface area is 72.2 Å². The molecule has 12 heavy (non-hydrogen) atoms. The van der Waals surface area contributed by atoms with Crippen LogP contribution in [0, 0.1) is 0 Å². The molecule has 1 heterocycles. The molecule has 1 N–H and O–H groups in total. The molecule has 0 radical (unpaired) electrons. The van der Waals surface area contributed by atoms with Gasteiger partial charge in [0.1, 0.15) is 0 Å². The first-order valence-corrected chi connectivity index (χ1v) is 4.06. The maximum absolute atomic E-state index is 11.0. The summed E-state index contributed by atoms with van der Waals surface area (Å²) < 4.78 is 9.83. The Balaban J connectivity index is 2.49. The van der Waals surface area contributed by atoms with Crippen LogP contribution in [0.2, 0.25) is 0 Å². The van der Waals surface area contributed by atoms with Crippen LogP contribution in [-0.2, 0) is 14.3 Å². The van der Waals surface area contributed by atoms with Crippen molar-refractivity contribution >= 4 is 5.97 Å². The molecule has 1 atom stereocenters. The minimum absolute atomic E-state index is 0.185. The number of rotatable bonds is 3. The second-order valence-corrected chi connectivity index (χ2v) is 3.09. The van der Waals surface area contributed by atoms with E-state index >= 15 is 0 Å². The zero-order chi connectivity index (χ0) is 9.03. The van der Waals surface area contributed by atoms with Crippen molar-refractivity contribution in [2.45, 2.75) is 18.4 Å². The van der Waals surface area contributed by atoms with Crippen LogP contribution in [0.4, 0.5) is 0 Å². The highest BCUT2D eigenvalue weighted by molar-refractivity contribution is 5.70. The lowest BCUT2D eigenvalue weighted by Gasteiger charge is -2.24. The van der Waals surface area contributed by atoms with Crippen molar-refractivity contribution in [2.24, 2.45) is 0 Å². The molecule has 0 unspecified atom stereocenters. The number of nitrogens with one attached hydrogen (secondary N) is 1. The van der Waals surface area contributed by atoms with Gasteiger partial charge in [-0.05, 0) is 13.5 Å². The molecule has 0 spiro atoms. The van der Waals surface area contributed by atoms with Gasteiger partial charge in [0.15, 0.2) is 0 Å². The Kier molecular flexibility index (Phi) is 3.05. The van der Waals surface area contributed by atoms with E-state index in [0.717, 1.165) is 13.0 Å². The van der Waals surface area contributed by atoms with Crippen LogP contribution in [0.5, 0.6) is 0 Å². The van der Waals surface area contributed by atoms with Gasteiger partial charge in [-0.25, -0.2) is 0 Å². The van der Waals surface area contributed by atoms with E-state index in [1.807, 2.05) is 7.05 Å². The fraction of sp³-hybridized carbons (Fsp3) is 0.875. The molecule has 0 bridgehead atoms. The third kappa shape index (κ3) is 1.95. The Morgan fingerprint density at radius 2 is 2.50 bits per heavy atom. The van der Waals surface area contributed by atoms with E-state index in [0.29, 0.717) is 13.0 Å². The van der Waals surface area contributed by atoms with Gasteiger partial charge in [0.2, 0.25) is 0 Å². The molecule has 4 heteroatoms. The van der Waals surface area contributed by atoms with Crippen LogP contribution in [0.25, 0.3) is 0 Å². The molecule has 0 aliphatic carbocycles. The summed E-state index contributed by atoms with van der Waals surface area (Å²) in [4.78, 5) is 11.0. The van der Waals surface area contributed by atoms with Gasteiger partial charge in [-0.2, -0.15) is 0 Å². The summed E-state index contributed by atoms with van der Waals surface area (Å²) in [5, 5.41) is 3.12. The Morgan fingerprint density at radius 3 is 2.92 bits per heavy atom. The Hall–Kier alpha value is -0.610. The molecule has 1 aliphatic rings. The molecule has 0 aromatic carbocycles. The van der Waals surface area contributed by atoms with Crippen molar-refractivity contribution in [3.05, 3.63) is 0 Å². The summed E-state index contributed by atoms with van der Waals surface area (Å²) in [7, 11) is 3.25. The molecule has 0 aromatic heterocycles. The molecule has 0 aromatic rings. The first-order valence-electron chi connectivity index (χ1n) is 4.06. The van der Waals surface area contributed by atoms with Crippen molar-refractivity contribution in [2.75, 3.05) is 27.4 Å². The van der Waals surface area contributed by atoms with E-state index in [9.17, 15) is 4.79 Å². The van der Waals surface area contributed by atoms with Crippen LogP contribution in [0.1, 0.15) is 12.8 Å². The maximum atomic E-state index is 11.0. The van der Waals surface area contributed by atoms with E-state index < -0.39 is 0 Å². The SMILES string of the molecule is CN[C@]1(CC(=O)OC)CCOC1. The molecule has 4 nitrogen and oxygen atoms in total. The van der Waals surface area contributed by atoms with Crippen molar-refractivity contribution in [1.29, 1.82) is 0 Å². The zero-order valence-corrected chi connectivity index (χ0v) is 7.55. The number of hydrogen-bond donors (Lipinski definition) is 1. The third-order valence-corrected chi connectivity index (χ3v) is 2.34. The summed E-state index contributed by atoms with van der Waals surface area (Å²) in [6.45, 7) is 1.32. The van der Waals surface area contributed by atoms with E-state index in [4.69, 9.17) is 4.74 Å². The first-order chi connectivity index (χ1) is 5.72. The minimum atomic E-state index is -0.187. The lowest BCUT2D eigenvalue weighted by molar-refractivity contribution is -0.142. The monoisotopic (exact) mass is 173 g/mol. The fourth-order valence-corrected chi connectivity index (χ4v) is 1.38. The molecule has 1 aliphatic heterocycles. The van der Waals surface area contributed by atoms with Crippen molar-refractivity contribution < 1.29 is 14.3 Å². The van der Waals surface area contributed by atoms with Crippen molar-refractivity contribution in [3.8, 4) is 0 Å². The van der Waals surface area contributed by atoms with Crippen LogP contribution < -0.4 is 5.32 Å². The van der Waals surface area contributed by atoms with E-state index in [2.05, 4.69) is 10.1 Å². The molecule has 0 saturated carbocycles. The predicted octanol–water partition coefficient (Wildman–Crippen LogP) is -0.0720. The molecular weight excluding hydrogens is 158 g/mol. The number of esters is 1. The van der Waals surface area contributed by atoms with Crippen LogP contribution in [-0.4, -0.2) is 38.9 Å². The highest BCUT2D eigenvalue weighted by Gasteiger charge is 2.35. The smallest absolute Gasteiger partial charge is 0.307 e. The highest BCUT2D eigenvalue weighted by atomic mass is 16.5. The largest absolute Gasteiger partial charge is 0.469 e. The Morgan fingerprint density at radius 1 is 1.75 bits per heavy atom. The van der Waals surface area contributed by atoms with Gasteiger partial charge in [0.05, 0.1) is 25.7 Å². The average molecular weight is 173 g/mol. The van der Waals surface area contributed by atoms with Crippen molar-refractivity contribution in [3.63, 3.8) is 0 Å². The summed E-state index contributed by atoms with van der Waals surface area (Å²) >= 11 is 0. The quantitative estimate of drug-likeness (QED) is 0.607. The van der Waals surface area contributed by atoms with Gasteiger partial charge in [-0.3, -0.25) is 4.79 Å². The predicted molar refractivity (Wildman–Crippen MR) is 43.9 cm³/mol. The normalized spacial score (nSPS) is 28.8. The van der Waals surface area contributed by atoms with Crippen LogP contribution in [0.3, 0.4) is 0 Å². The van der Waals surface area contributed by atoms with E-state index in [1.54, 1.807) is 0 Å². The number of ether oxygens (including phenoxy) is 2. The maximum Gasteiger partial charge on any atom is 0.307 e. The molecule has 1 fully saturated rings. The lowest BCUT2D eigenvalue weighted by Crippen LogP contribution is -2.45. The molecule has 0 amide bonds. The third-order valence-electron chi connectivity index (χ3n) is 2.34. The Bertz CT molecular complexity index is 164. The van der Waals surface area contributed by atoms with E-state index in [1.165, 1.54) is 7.11 Å². The number of likely N-dealkylation sites (N-methyl/N-ethyl adjacent to an activating group) is 1. The van der Waals surface area contributed by atoms with Gasteiger partial charge in [-0.1, -0.05) is 0 Å². The van der Waals surface area contributed by atoms with Gasteiger partial charge in [-0.15, -0.1) is 0 Å². The minimum Gasteiger partial charge on any atom is -0.469 e. The molecule has 70 valence electrons. The highest BCUT2D eigenvalue weighted by Crippen LogP contribution is 2.22. The van der Waals surface area contributed by atoms with Gasteiger partial charge in [0.25, 0.3) is 0 Å². The zero-order valence-electron chi connectivity index (χ0n) is 7.55. The number of carbonyl (C=O) groups is 1. The van der Waals surface area contributed by atoms with Crippen LogP contribution in [0.15, 0.2) is 0 Å². The summed E-state index contributed by atoms with van der Waals surface area (Å²) in [5.41, 5.74) is -0.187. The second kappa shape index (κ2) is 3.87. The van der Waals surface area contributed by atoms with Gasteiger partial charge < -0.3 is 14.8 Å². The molecular formula is C8H15NO3. The fourth-order valence-electron chi connectivity index (χ4n) is 1.38. The van der Waals surface area contributed by atoms with E-state index in [-0.39, 0.29) is 11.5 Å². The van der Waals surface area contributed by atoms with Gasteiger partial charge in [0, 0.05) is 6.61 Å². The average Bonchev–Trinajstić information content (AvgIpc) is 2.54. The second-order valence-electron chi connectivity index (χ2n) is 3.09. The number of hydrogen-bond acceptors (Lipinski definition) is 4. The van der Waals surface area contributed by atoms with Crippen molar-refractivity contribution in [1.82, 2.24) is 5.32 Å². The molecule has 1 rings (SSSR count). The molecule has 1 saturated heterocycles.